The molecule has 1 saturated carbocycles. The van der Waals surface area contributed by atoms with Gasteiger partial charge < -0.3 is 10.3 Å². The van der Waals surface area contributed by atoms with Crippen LogP contribution in [0.4, 0.5) is 0 Å². The van der Waals surface area contributed by atoms with Gasteiger partial charge in [0.05, 0.1) is 0 Å². The van der Waals surface area contributed by atoms with E-state index in [1.165, 1.54) is 0 Å². The molecule has 1 aliphatic carbocycles. The van der Waals surface area contributed by atoms with E-state index in [0.717, 1.165) is 24.8 Å². The molecule has 0 aromatic carbocycles. The normalized spacial score (nSPS) is 24.1. The summed E-state index contributed by atoms with van der Waals surface area (Å²) in [7, 11) is 0. The monoisotopic (exact) mass is 230 g/mol. The standard InChI is InChI=1S/C12H14N4O/c13-10-2-1-9(7-10)12-15-11(16-17-12)8-3-5-14-6-4-8/h3-6,9-10H,1-2,7,13H2. The topological polar surface area (TPSA) is 77.8 Å². The minimum atomic E-state index is 0.274. The number of nitrogens with two attached hydrogens (primary N) is 1. The zero-order chi connectivity index (χ0) is 11.7. The number of aromatic nitrogens is 3. The molecule has 0 spiro atoms. The summed E-state index contributed by atoms with van der Waals surface area (Å²) in [5, 5.41) is 4.00. The molecule has 5 heteroatoms. The summed E-state index contributed by atoms with van der Waals surface area (Å²) in [6.07, 6.45) is 6.46. The molecule has 88 valence electrons. The van der Waals surface area contributed by atoms with Crippen LogP contribution in [0.5, 0.6) is 0 Å². The Kier molecular flexibility index (Phi) is 2.60. The van der Waals surface area contributed by atoms with Gasteiger partial charge in [-0.15, -0.1) is 0 Å². The predicted octanol–water partition coefficient (Wildman–Crippen LogP) is 1.73. The lowest BCUT2D eigenvalue weighted by atomic mass is 10.1. The van der Waals surface area contributed by atoms with E-state index in [-0.39, 0.29) is 6.04 Å². The maximum absolute atomic E-state index is 5.88. The van der Waals surface area contributed by atoms with Gasteiger partial charge in [0.15, 0.2) is 0 Å². The molecule has 17 heavy (non-hydrogen) atoms. The van der Waals surface area contributed by atoms with Gasteiger partial charge >= 0.3 is 0 Å². The lowest BCUT2D eigenvalue weighted by Gasteiger charge is -2.01. The van der Waals surface area contributed by atoms with Crippen molar-refractivity contribution < 1.29 is 4.52 Å². The Bertz CT molecular complexity index is 496. The van der Waals surface area contributed by atoms with Crippen LogP contribution < -0.4 is 5.73 Å². The van der Waals surface area contributed by atoms with Crippen molar-refractivity contribution in [3.05, 3.63) is 30.4 Å². The summed E-state index contributed by atoms with van der Waals surface area (Å²) in [4.78, 5) is 8.40. The average molecular weight is 230 g/mol. The Labute approximate surface area is 99.1 Å². The van der Waals surface area contributed by atoms with Crippen LogP contribution in [0.25, 0.3) is 11.4 Å². The number of hydrogen-bond donors (Lipinski definition) is 1. The smallest absolute Gasteiger partial charge is 0.230 e. The maximum atomic E-state index is 5.88. The van der Waals surface area contributed by atoms with Gasteiger partial charge in [-0.05, 0) is 31.4 Å². The summed E-state index contributed by atoms with van der Waals surface area (Å²) in [6, 6.07) is 4.01. The highest BCUT2D eigenvalue weighted by molar-refractivity contribution is 5.52. The van der Waals surface area contributed by atoms with Crippen molar-refractivity contribution in [1.82, 2.24) is 15.1 Å². The molecular weight excluding hydrogens is 216 g/mol. The molecule has 2 aromatic heterocycles. The van der Waals surface area contributed by atoms with Crippen LogP contribution in [0.3, 0.4) is 0 Å². The van der Waals surface area contributed by atoms with Crippen molar-refractivity contribution in [3.63, 3.8) is 0 Å². The second-order valence-electron chi connectivity index (χ2n) is 4.46. The van der Waals surface area contributed by atoms with E-state index >= 15 is 0 Å². The molecule has 1 aliphatic rings. The number of nitrogens with zero attached hydrogens (tertiary/aromatic N) is 3. The minimum Gasteiger partial charge on any atom is -0.339 e. The Hall–Kier alpha value is -1.75. The van der Waals surface area contributed by atoms with Crippen molar-refractivity contribution in [3.8, 4) is 11.4 Å². The Morgan fingerprint density at radius 2 is 2.06 bits per heavy atom. The van der Waals surface area contributed by atoms with Crippen LogP contribution in [-0.4, -0.2) is 21.2 Å². The first-order valence-corrected chi connectivity index (χ1v) is 5.82. The molecule has 5 nitrogen and oxygen atoms in total. The van der Waals surface area contributed by atoms with Gasteiger partial charge in [0.25, 0.3) is 0 Å². The van der Waals surface area contributed by atoms with Gasteiger partial charge in [-0.2, -0.15) is 4.98 Å². The van der Waals surface area contributed by atoms with Crippen molar-refractivity contribution >= 4 is 0 Å². The van der Waals surface area contributed by atoms with Crippen molar-refractivity contribution in [2.45, 2.75) is 31.2 Å². The third kappa shape index (κ3) is 2.06. The molecule has 2 heterocycles. The van der Waals surface area contributed by atoms with Gasteiger partial charge in [-0.1, -0.05) is 5.16 Å². The van der Waals surface area contributed by atoms with Crippen molar-refractivity contribution in [2.75, 3.05) is 0 Å². The first-order valence-electron chi connectivity index (χ1n) is 5.82. The van der Waals surface area contributed by atoms with E-state index in [4.69, 9.17) is 10.3 Å². The van der Waals surface area contributed by atoms with Crippen molar-refractivity contribution in [1.29, 1.82) is 0 Å². The SMILES string of the molecule is NC1CCC(c2nc(-c3ccncc3)no2)C1. The number of rotatable bonds is 2. The molecule has 2 N–H and O–H groups in total. The fourth-order valence-electron chi connectivity index (χ4n) is 2.26. The highest BCUT2D eigenvalue weighted by atomic mass is 16.5. The molecule has 0 saturated heterocycles. The summed E-state index contributed by atoms with van der Waals surface area (Å²) in [5.41, 5.74) is 6.81. The average Bonchev–Trinajstić information content (AvgIpc) is 2.98. The number of pyridine rings is 1. The molecule has 0 radical (unpaired) electrons. The van der Waals surface area contributed by atoms with Gasteiger partial charge in [0, 0.05) is 29.9 Å². The Morgan fingerprint density at radius 3 is 2.76 bits per heavy atom. The van der Waals surface area contributed by atoms with E-state index in [1.54, 1.807) is 12.4 Å². The second kappa shape index (κ2) is 4.25. The molecule has 0 amide bonds. The number of hydrogen-bond acceptors (Lipinski definition) is 5. The molecule has 0 aliphatic heterocycles. The van der Waals surface area contributed by atoms with Crippen LogP contribution >= 0.6 is 0 Å². The van der Waals surface area contributed by atoms with Crippen LogP contribution in [-0.2, 0) is 0 Å². The second-order valence-corrected chi connectivity index (χ2v) is 4.46. The molecular formula is C12H14N4O. The summed E-state index contributed by atoms with van der Waals surface area (Å²) in [5.74, 6) is 1.67. The van der Waals surface area contributed by atoms with E-state index < -0.39 is 0 Å². The lowest BCUT2D eigenvalue weighted by Crippen LogP contribution is -2.14. The zero-order valence-electron chi connectivity index (χ0n) is 9.41. The van der Waals surface area contributed by atoms with Crippen LogP contribution in [0.15, 0.2) is 29.0 Å². The lowest BCUT2D eigenvalue weighted by molar-refractivity contribution is 0.353. The highest BCUT2D eigenvalue weighted by Gasteiger charge is 2.27. The van der Waals surface area contributed by atoms with Crippen LogP contribution in [0, 0.1) is 0 Å². The third-order valence-electron chi connectivity index (χ3n) is 3.20. The Balaban J connectivity index is 1.84. The van der Waals surface area contributed by atoms with Crippen LogP contribution in [0.1, 0.15) is 31.1 Å². The first-order chi connectivity index (χ1) is 8.33. The molecule has 1 fully saturated rings. The minimum absolute atomic E-state index is 0.274. The maximum Gasteiger partial charge on any atom is 0.230 e. The summed E-state index contributed by atoms with van der Waals surface area (Å²) in [6.45, 7) is 0. The third-order valence-corrected chi connectivity index (χ3v) is 3.20. The zero-order valence-corrected chi connectivity index (χ0v) is 9.41. The predicted molar refractivity (Wildman–Crippen MR) is 62.1 cm³/mol. The quantitative estimate of drug-likeness (QED) is 0.850. The van der Waals surface area contributed by atoms with Crippen molar-refractivity contribution in [2.24, 2.45) is 5.73 Å². The van der Waals surface area contributed by atoms with Gasteiger partial charge in [-0.3, -0.25) is 4.98 Å². The fraction of sp³-hybridized carbons (Fsp3) is 0.417. The molecule has 0 bridgehead atoms. The van der Waals surface area contributed by atoms with E-state index in [1.807, 2.05) is 12.1 Å². The molecule has 2 atom stereocenters. The summed E-state index contributed by atoms with van der Waals surface area (Å²) >= 11 is 0. The molecule has 3 rings (SSSR count). The highest BCUT2D eigenvalue weighted by Crippen LogP contribution is 2.33. The fourth-order valence-corrected chi connectivity index (χ4v) is 2.26. The molecule has 2 unspecified atom stereocenters. The van der Waals surface area contributed by atoms with E-state index in [9.17, 15) is 0 Å². The largest absolute Gasteiger partial charge is 0.339 e. The van der Waals surface area contributed by atoms with Gasteiger partial charge in [0.1, 0.15) is 0 Å². The van der Waals surface area contributed by atoms with Crippen LogP contribution in [0.2, 0.25) is 0 Å². The summed E-state index contributed by atoms with van der Waals surface area (Å²) < 4.78 is 5.31. The van der Waals surface area contributed by atoms with Gasteiger partial charge in [0.2, 0.25) is 11.7 Å². The van der Waals surface area contributed by atoms with Gasteiger partial charge in [-0.25, -0.2) is 0 Å². The molecule has 2 aromatic rings. The van der Waals surface area contributed by atoms with E-state index in [0.29, 0.717) is 17.6 Å². The first kappa shape index (κ1) is 10.4. The van der Waals surface area contributed by atoms with E-state index in [2.05, 4.69) is 15.1 Å². The Morgan fingerprint density at radius 1 is 1.24 bits per heavy atom.